The van der Waals surface area contributed by atoms with Gasteiger partial charge in [-0.25, -0.2) is 4.79 Å². The van der Waals surface area contributed by atoms with Crippen molar-refractivity contribution in [3.8, 4) is 0 Å². The number of anilines is 2. The van der Waals surface area contributed by atoms with Crippen molar-refractivity contribution >= 4 is 75.2 Å². The van der Waals surface area contributed by atoms with Crippen LogP contribution in [-0.2, 0) is 27.2 Å². The standard InChI is InChI=1S/C38H38ClN3O5S2/c1-4-31(36(45)42-37-33(38(46)47-5-2)29-19-14-23(3)20-32(29)49-37)48-28-13-9-12-27(22-28)40-35(44)30(21-24-15-17-26(39)18-16-24)41-34(43)25-10-7-6-8-11-25/h6-13,15-18,21-23,31H,4-5,14,19-20H2,1-3H3,(H,40,44)(H,41,43)(H,42,45)/b30-21-. The van der Waals surface area contributed by atoms with E-state index in [1.54, 1.807) is 79.7 Å². The quantitative estimate of drug-likeness (QED) is 0.0769. The molecular formula is C38H38ClN3O5S2. The van der Waals surface area contributed by atoms with Gasteiger partial charge in [-0.15, -0.1) is 23.1 Å². The van der Waals surface area contributed by atoms with E-state index in [1.165, 1.54) is 23.1 Å². The molecule has 1 aliphatic carbocycles. The highest BCUT2D eigenvalue weighted by Gasteiger charge is 2.30. The molecule has 0 aliphatic heterocycles. The average molecular weight is 716 g/mol. The number of esters is 1. The summed E-state index contributed by atoms with van der Waals surface area (Å²) in [5.74, 6) is -1.05. The molecule has 0 saturated carbocycles. The molecule has 1 aliphatic rings. The van der Waals surface area contributed by atoms with Crippen molar-refractivity contribution in [3.63, 3.8) is 0 Å². The summed E-state index contributed by atoms with van der Waals surface area (Å²) in [4.78, 5) is 55.1. The highest BCUT2D eigenvalue weighted by atomic mass is 35.5. The maximum absolute atomic E-state index is 13.6. The predicted octanol–water partition coefficient (Wildman–Crippen LogP) is 8.62. The molecule has 8 nitrogen and oxygen atoms in total. The monoisotopic (exact) mass is 715 g/mol. The van der Waals surface area contributed by atoms with Gasteiger partial charge in [0, 0.05) is 26.0 Å². The molecule has 1 heterocycles. The minimum Gasteiger partial charge on any atom is -0.462 e. The Morgan fingerprint density at radius 2 is 1.76 bits per heavy atom. The third-order valence-corrected chi connectivity index (χ3v) is 10.8. The highest BCUT2D eigenvalue weighted by molar-refractivity contribution is 8.00. The number of rotatable bonds is 12. The Morgan fingerprint density at radius 1 is 1.00 bits per heavy atom. The third kappa shape index (κ3) is 9.41. The van der Waals surface area contributed by atoms with Gasteiger partial charge in [0.2, 0.25) is 5.91 Å². The van der Waals surface area contributed by atoms with E-state index in [9.17, 15) is 19.2 Å². The summed E-state index contributed by atoms with van der Waals surface area (Å²) in [5, 5.41) is 9.29. The summed E-state index contributed by atoms with van der Waals surface area (Å²) in [7, 11) is 0. The van der Waals surface area contributed by atoms with Gasteiger partial charge in [-0.1, -0.05) is 61.8 Å². The fourth-order valence-corrected chi connectivity index (χ4v) is 7.99. The summed E-state index contributed by atoms with van der Waals surface area (Å²) >= 11 is 8.88. The number of ether oxygens (including phenoxy) is 1. The number of thioether (sulfide) groups is 1. The van der Waals surface area contributed by atoms with Crippen LogP contribution < -0.4 is 16.0 Å². The Bertz CT molecular complexity index is 1860. The molecule has 2 atom stereocenters. The Balaban J connectivity index is 1.31. The molecule has 0 fully saturated rings. The molecule has 11 heteroatoms. The predicted molar refractivity (Wildman–Crippen MR) is 198 cm³/mol. The molecule has 3 aromatic carbocycles. The molecule has 254 valence electrons. The molecule has 3 amide bonds. The fourth-order valence-electron chi connectivity index (χ4n) is 5.45. The SMILES string of the molecule is CCOC(=O)c1c(NC(=O)C(CC)Sc2cccc(NC(=O)/C(=C/c3ccc(Cl)cc3)NC(=O)c3ccccc3)c2)sc2c1CCC(C)C2. The van der Waals surface area contributed by atoms with Gasteiger partial charge in [0.25, 0.3) is 11.8 Å². The number of nitrogens with one attached hydrogen (secondary N) is 3. The Kier molecular flexibility index (Phi) is 12.3. The van der Waals surface area contributed by atoms with E-state index in [2.05, 4.69) is 22.9 Å². The van der Waals surface area contributed by atoms with Gasteiger partial charge in [-0.2, -0.15) is 0 Å². The van der Waals surface area contributed by atoms with E-state index >= 15 is 0 Å². The molecule has 3 N–H and O–H groups in total. The molecule has 1 aromatic heterocycles. The molecule has 5 rings (SSSR count). The number of fused-ring (bicyclic) bond motifs is 1. The first-order valence-electron chi connectivity index (χ1n) is 16.2. The largest absolute Gasteiger partial charge is 0.462 e. The molecule has 0 radical (unpaired) electrons. The maximum atomic E-state index is 13.6. The summed E-state index contributed by atoms with van der Waals surface area (Å²) in [6, 6.07) is 22.7. The van der Waals surface area contributed by atoms with Gasteiger partial charge in [0.15, 0.2) is 0 Å². The van der Waals surface area contributed by atoms with E-state index in [-0.39, 0.29) is 18.2 Å². The van der Waals surface area contributed by atoms with Crippen LogP contribution in [0.3, 0.4) is 0 Å². The Labute approximate surface area is 299 Å². The van der Waals surface area contributed by atoms with Crippen LogP contribution >= 0.6 is 34.7 Å². The molecular weight excluding hydrogens is 678 g/mol. The molecule has 4 aromatic rings. The number of halogens is 1. The van der Waals surface area contributed by atoms with Crippen molar-refractivity contribution in [2.24, 2.45) is 5.92 Å². The minimum absolute atomic E-state index is 0.0467. The number of hydrogen-bond donors (Lipinski definition) is 3. The van der Waals surface area contributed by atoms with Gasteiger partial charge in [-0.3, -0.25) is 14.4 Å². The van der Waals surface area contributed by atoms with Crippen LogP contribution in [0.1, 0.15) is 70.3 Å². The zero-order valence-corrected chi connectivity index (χ0v) is 29.9. The number of carbonyl (C=O) groups excluding carboxylic acids is 4. The Morgan fingerprint density at radius 3 is 2.47 bits per heavy atom. The van der Waals surface area contributed by atoms with E-state index < -0.39 is 23.0 Å². The molecule has 2 unspecified atom stereocenters. The lowest BCUT2D eigenvalue weighted by molar-refractivity contribution is -0.116. The topological polar surface area (TPSA) is 114 Å². The number of amides is 3. The first-order chi connectivity index (χ1) is 23.6. The molecule has 49 heavy (non-hydrogen) atoms. The second kappa shape index (κ2) is 16.8. The zero-order chi connectivity index (χ0) is 34.9. The van der Waals surface area contributed by atoms with Gasteiger partial charge < -0.3 is 20.7 Å². The lowest BCUT2D eigenvalue weighted by Crippen LogP contribution is -2.30. The third-order valence-electron chi connectivity index (χ3n) is 7.97. The first-order valence-corrected chi connectivity index (χ1v) is 18.3. The van der Waals surface area contributed by atoms with Gasteiger partial charge in [0.05, 0.1) is 17.4 Å². The van der Waals surface area contributed by atoms with E-state index in [0.29, 0.717) is 44.7 Å². The number of hydrogen-bond acceptors (Lipinski definition) is 7. The summed E-state index contributed by atoms with van der Waals surface area (Å²) in [6.45, 7) is 6.16. The van der Waals surface area contributed by atoms with Crippen molar-refractivity contribution in [1.82, 2.24) is 5.32 Å². The van der Waals surface area contributed by atoms with Crippen molar-refractivity contribution in [1.29, 1.82) is 0 Å². The molecule has 0 spiro atoms. The molecule has 0 bridgehead atoms. The van der Waals surface area contributed by atoms with E-state index in [1.807, 2.05) is 19.1 Å². The minimum atomic E-state index is -0.520. The van der Waals surface area contributed by atoms with Crippen LogP contribution in [-0.4, -0.2) is 35.5 Å². The highest BCUT2D eigenvalue weighted by Crippen LogP contribution is 2.40. The zero-order valence-electron chi connectivity index (χ0n) is 27.5. The first kappa shape index (κ1) is 35.9. The van der Waals surface area contributed by atoms with Crippen LogP contribution in [0.4, 0.5) is 10.7 Å². The lowest BCUT2D eigenvalue weighted by Gasteiger charge is -2.18. The van der Waals surface area contributed by atoms with Crippen molar-refractivity contribution in [2.45, 2.75) is 56.6 Å². The summed E-state index contributed by atoms with van der Waals surface area (Å²) in [5.41, 5.74) is 3.10. The van der Waals surface area contributed by atoms with Gasteiger partial charge in [0.1, 0.15) is 10.7 Å². The van der Waals surface area contributed by atoms with E-state index in [0.717, 1.165) is 34.6 Å². The number of thiophene rings is 1. The lowest BCUT2D eigenvalue weighted by atomic mass is 9.88. The second-order valence-electron chi connectivity index (χ2n) is 11.7. The van der Waals surface area contributed by atoms with Crippen LogP contribution in [0, 0.1) is 5.92 Å². The van der Waals surface area contributed by atoms with Crippen molar-refractivity contribution in [2.75, 3.05) is 17.2 Å². The second-order valence-corrected chi connectivity index (χ2v) is 14.5. The van der Waals surface area contributed by atoms with Gasteiger partial charge >= 0.3 is 5.97 Å². The normalized spacial score (nSPS) is 14.7. The van der Waals surface area contributed by atoms with Crippen molar-refractivity contribution < 1.29 is 23.9 Å². The smallest absolute Gasteiger partial charge is 0.341 e. The maximum Gasteiger partial charge on any atom is 0.341 e. The average Bonchev–Trinajstić information content (AvgIpc) is 3.45. The van der Waals surface area contributed by atoms with Crippen LogP contribution in [0.15, 0.2) is 89.5 Å². The van der Waals surface area contributed by atoms with Crippen molar-refractivity contribution in [3.05, 3.63) is 117 Å². The van der Waals surface area contributed by atoms with Crippen LogP contribution in [0.2, 0.25) is 5.02 Å². The summed E-state index contributed by atoms with van der Waals surface area (Å²) in [6.07, 6.45) is 4.76. The number of carbonyl (C=O) groups is 4. The van der Waals surface area contributed by atoms with Gasteiger partial charge in [-0.05, 0) is 98.2 Å². The van der Waals surface area contributed by atoms with Crippen LogP contribution in [0.5, 0.6) is 0 Å². The summed E-state index contributed by atoms with van der Waals surface area (Å²) < 4.78 is 5.37. The Hall–Kier alpha value is -4.38. The molecule has 0 saturated heterocycles. The van der Waals surface area contributed by atoms with Crippen LogP contribution in [0.25, 0.3) is 6.08 Å². The number of benzene rings is 3. The van der Waals surface area contributed by atoms with E-state index in [4.69, 9.17) is 16.3 Å². The fraction of sp³-hybridized carbons (Fsp3) is 0.263.